The molecule has 2 aromatic rings. The first-order chi connectivity index (χ1) is 21.5. The molecule has 12 nitrogen and oxygen atoms in total. The van der Waals surface area contributed by atoms with Crippen molar-refractivity contribution < 1.29 is 47.7 Å². The fourth-order valence-electron chi connectivity index (χ4n) is 4.95. The molecule has 2 saturated heterocycles. The maximum Gasteiger partial charge on any atom is 0.411 e. The second-order valence-electron chi connectivity index (χ2n) is 13.1. The molecule has 46 heavy (non-hydrogen) atoms. The third-order valence-electron chi connectivity index (χ3n) is 7.00. The standard InChI is InChI=1S/C32H40N2O10S2/c1-31(2,3)43-29(39)33-15-7-9-19(33)27(37)41-17-21(35)23-11-13-25(45-23)26-14-12-24(46-26)22(36)18-42-28(38)20-10-8-16-34(20)30(40)44-32(4,5)6/h11-14,19-20H,7-10,15-18H2,1-6H3/t19-,20-/m0/s1. The Labute approximate surface area is 275 Å². The van der Waals surface area contributed by atoms with Crippen LogP contribution in [0.3, 0.4) is 0 Å². The predicted molar refractivity (Wildman–Crippen MR) is 170 cm³/mol. The lowest BCUT2D eigenvalue weighted by molar-refractivity contribution is -0.148. The number of ether oxygens (including phenoxy) is 4. The van der Waals surface area contributed by atoms with Gasteiger partial charge in [-0.05, 0) is 91.5 Å². The van der Waals surface area contributed by atoms with Crippen LogP contribution in [0.25, 0.3) is 9.75 Å². The molecule has 4 heterocycles. The van der Waals surface area contributed by atoms with E-state index in [1.54, 1.807) is 65.8 Å². The molecular weight excluding hydrogens is 636 g/mol. The number of Topliss-reactive ketones (excluding diaryl/α,β-unsaturated/α-hetero) is 2. The number of ketones is 2. The first-order valence-corrected chi connectivity index (χ1v) is 16.7. The Morgan fingerprint density at radius 3 is 1.37 bits per heavy atom. The summed E-state index contributed by atoms with van der Waals surface area (Å²) in [5.74, 6) is -2.08. The summed E-state index contributed by atoms with van der Waals surface area (Å²) in [5, 5.41) is 0. The Hall–Kier alpha value is -3.78. The molecule has 2 fully saturated rings. The van der Waals surface area contributed by atoms with E-state index in [2.05, 4.69) is 0 Å². The van der Waals surface area contributed by atoms with E-state index in [-0.39, 0.29) is 0 Å². The molecule has 0 N–H and O–H groups in total. The minimum atomic E-state index is -0.801. The molecule has 0 saturated carbocycles. The van der Waals surface area contributed by atoms with Crippen LogP contribution in [0.4, 0.5) is 9.59 Å². The van der Waals surface area contributed by atoms with Crippen LogP contribution in [-0.2, 0) is 28.5 Å². The van der Waals surface area contributed by atoms with Crippen molar-refractivity contribution in [3.8, 4) is 9.75 Å². The molecule has 2 aliphatic heterocycles. The number of thiophene rings is 2. The van der Waals surface area contributed by atoms with Crippen LogP contribution in [-0.4, -0.2) is 95.1 Å². The van der Waals surface area contributed by atoms with E-state index < -0.39 is 72.2 Å². The molecule has 0 bridgehead atoms. The van der Waals surface area contributed by atoms with E-state index in [0.717, 1.165) is 9.75 Å². The zero-order valence-corrected chi connectivity index (χ0v) is 28.5. The number of esters is 2. The van der Waals surface area contributed by atoms with Crippen LogP contribution in [0.5, 0.6) is 0 Å². The van der Waals surface area contributed by atoms with Gasteiger partial charge in [-0.25, -0.2) is 19.2 Å². The third-order valence-corrected chi connectivity index (χ3v) is 9.45. The van der Waals surface area contributed by atoms with Gasteiger partial charge >= 0.3 is 24.1 Å². The summed E-state index contributed by atoms with van der Waals surface area (Å²) in [4.78, 5) is 80.9. The van der Waals surface area contributed by atoms with Gasteiger partial charge in [-0.15, -0.1) is 22.7 Å². The van der Waals surface area contributed by atoms with Crippen molar-refractivity contribution in [2.45, 2.75) is 90.5 Å². The Bertz CT molecular complexity index is 1370. The monoisotopic (exact) mass is 676 g/mol. The number of carbonyl (C=O) groups excluding carboxylic acids is 6. The van der Waals surface area contributed by atoms with Gasteiger partial charge in [-0.2, -0.15) is 0 Å². The molecule has 4 rings (SSSR count). The maximum absolute atomic E-state index is 12.8. The number of likely N-dealkylation sites (tertiary alicyclic amines) is 2. The van der Waals surface area contributed by atoms with Crippen LogP contribution in [0.15, 0.2) is 24.3 Å². The summed E-state index contributed by atoms with van der Waals surface area (Å²) in [6, 6.07) is 5.13. The summed E-state index contributed by atoms with van der Waals surface area (Å²) < 4.78 is 21.3. The van der Waals surface area contributed by atoms with Crippen molar-refractivity contribution in [1.29, 1.82) is 0 Å². The first-order valence-electron chi connectivity index (χ1n) is 15.1. The molecule has 2 aliphatic rings. The average Bonchev–Trinajstić information content (AvgIpc) is 3.78. The Morgan fingerprint density at radius 2 is 1.02 bits per heavy atom. The summed E-state index contributed by atoms with van der Waals surface area (Å²) in [6.45, 7) is 10.3. The minimum Gasteiger partial charge on any atom is -0.456 e. The summed E-state index contributed by atoms with van der Waals surface area (Å²) in [7, 11) is 0. The Balaban J connectivity index is 1.27. The zero-order valence-electron chi connectivity index (χ0n) is 26.9. The fraction of sp³-hybridized carbons (Fsp3) is 0.562. The highest BCUT2D eigenvalue weighted by molar-refractivity contribution is 7.23. The van der Waals surface area contributed by atoms with Gasteiger partial charge < -0.3 is 18.9 Å². The molecule has 0 aromatic carbocycles. The number of hydrogen-bond donors (Lipinski definition) is 0. The van der Waals surface area contributed by atoms with Crippen molar-refractivity contribution in [2.24, 2.45) is 0 Å². The minimum absolute atomic E-state index is 0.373. The molecule has 14 heteroatoms. The van der Waals surface area contributed by atoms with E-state index >= 15 is 0 Å². The Morgan fingerprint density at radius 1 is 0.652 bits per heavy atom. The predicted octanol–water partition coefficient (Wildman–Crippen LogP) is 5.73. The van der Waals surface area contributed by atoms with Crippen LogP contribution < -0.4 is 0 Å². The van der Waals surface area contributed by atoms with Gasteiger partial charge in [0.2, 0.25) is 11.6 Å². The molecule has 0 radical (unpaired) electrons. The van der Waals surface area contributed by atoms with Crippen LogP contribution in [0.2, 0.25) is 0 Å². The van der Waals surface area contributed by atoms with Crippen LogP contribution in [0.1, 0.15) is 86.6 Å². The van der Waals surface area contributed by atoms with Crippen molar-refractivity contribution in [3.63, 3.8) is 0 Å². The topological polar surface area (TPSA) is 146 Å². The second-order valence-corrected chi connectivity index (χ2v) is 15.2. The van der Waals surface area contributed by atoms with Crippen molar-refractivity contribution >= 4 is 58.4 Å². The molecule has 2 amide bonds. The first kappa shape index (κ1) is 35.1. The van der Waals surface area contributed by atoms with Gasteiger partial charge in [-0.3, -0.25) is 19.4 Å². The SMILES string of the molecule is CC(C)(C)OC(=O)N1CCC[C@H]1C(=O)OCC(=O)c1ccc(-c2ccc(C(=O)COC(=O)[C@@H]3CCCN3C(=O)OC(C)(C)C)s2)s1. The molecular formula is C32H40N2O10S2. The van der Waals surface area contributed by atoms with Crippen molar-refractivity contribution in [3.05, 3.63) is 34.0 Å². The van der Waals surface area contributed by atoms with Gasteiger partial charge in [0.1, 0.15) is 23.3 Å². The zero-order chi connectivity index (χ0) is 33.8. The largest absolute Gasteiger partial charge is 0.456 e. The average molecular weight is 677 g/mol. The fourth-order valence-corrected chi connectivity index (χ4v) is 6.90. The third kappa shape index (κ3) is 9.15. The smallest absolute Gasteiger partial charge is 0.411 e. The maximum atomic E-state index is 12.8. The molecule has 2 aromatic heterocycles. The summed E-state index contributed by atoms with van der Waals surface area (Å²) >= 11 is 2.39. The van der Waals surface area contributed by atoms with Crippen molar-refractivity contribution in [2.75, 3.05) is 26.3 Å². The molecule has 250 valence electrons. The van der Waals surface area contributed by atoms with Gasteiger partial charge in [-0.1, -0.05) is 0 Å². The summed E-state index contributed by atoms with van der Waals surface area (Å²) in [6.07, 6.45) is 0.932. The van der Waals surface area contributed by atoms with Gasteiger partial charge in [0.15, 0.2) is 13.2 Å². The highest BCUT2D eigenvalue weighted by Gasteiger charge is 2.39. The van der Waals surface area contributed by atoms with E-state index in [4.69, 9.17) is 18.9 Å². The normalized spacial score (nSPS) is 18.3. The lowest BCUT2D eigenvalue weighted by Crippen LogP contribution is -2.44. The highest BCUT2D eigenvalue weighted by Crippen LogP contribution is 2.34. The second kappa shape index (κ2) is 14.3. The van der Waals surface area contributed by atoms with Crippen LogP contribution in [0, 0.1) is 0 Å². The quantitative estimate of drug-likeness (QED) is 0.183. The number of amides is 2. The van der Waals surface area contributed by atoms with E-state index in [1.807, 2.05) is 0 Å². The Kier molecular flexibility index (Phi) is 10.9. The van der Waals surface area contributed by atoms with Gasteiger partial charge in [0, 0.05) is 22.8 Å². The number of nitrogens with zero attached hydrogens (tertiary/aromatic N) is 2. The van der Waals surface area contributed by atoms with Gasteiger partial charge in [0.05, 0.1) is 9.75 Å². The van der Waals surface area contributed by atoms with Crippen LogP contribution >= 0.6 is 22.7 Å². The molecule has 0 spiro atoms. The highest BCUT2D eigenvalue weighted by atomic mass is 32.1. The molecule has 2 atom stereocenters. The van der Waals surface area contributed by atoms with Crippen molar-refractivity contribution in [1.82, 2.24) is 9.80 Å². The molecule has 0 unspecified atom stereocenters. The molecule has 0 aliphatic carbocycles. The van der Waals surface area contributed by atoms with E-state index in [1.165, 1.54) is 32.5 Å². The number of hydrogen-bond acceptors (Lipinski definition) is 12. The number of carbonyl (C=O) groups is 6. The van der Waals surface area contributed by atoms with Gasteiger partial charge in [0.25, 0.3) is 0 Å². The lowest BCUT2D eigenvalue weighted by atomic mass is 10.2. The lowest BCUT2D eigenvalue weighted by Gasteiger charge is -2.27. The van der Waals surface area contributed by atoms with E-state index in [0.29, 0.717) is 48.5 Å². The summed E-state index contributed by atoms with van der Waals surface area (Å²) in [5.41, 5.74) is -1.40. The number of rotatable bonds is 9. The van der Waals surface area contributed by atoms with E-state index in [9.17, 15) is 28.8 Å².